The molecule has 0 spiro atoms. The zero-order valence-electron chi connectivity index (χ0n) is 18.0. The number of hydrazone groups is 1. The summed E-state index contributed by atoms with van der Waals surface area (Å²) in [4.78, 5) is 0. The van der Waals surface area contributed by atoms with E-state index in [0.29, 0.717) is 11.5 Å². The summed E-state index contributed by atoms with van der Waals surface area (Å²) in [6.07, 6.45) is 1.53. The van der Waals surface area contributed by atoms with Crippen molar-refractivity contribution in [3.05, 3.63) is 89.0 Å². The third-order valence-electron chi connectivity index (χ3n) is 6.09. The fraction of sp³-hybridized carbons (Fsp3) is 0.269. The fourth-order valence-corrected chi connectivity index (χ4v) is 4.37. The first kappa shape index (κ1) is 19.5. The largest absolute Gasteiger partial charge is 0.493 e. The van der Waals surface area contributed by atoms with Gasteiger partial charge in [-0.25, -0.2) is 5.01 Å². The van der Waals surface area contributed by atoms with Gasteiger partial charge in [-0.05, 0) is 41.8 Å². The third kappa shape index (κ3) is 3.40. The molecular formula is C26H26N2O3. The van der Waals surface area contributed by atoms with Gasteiger partial charge in [0.25, 0.3) is 0 Å². The Bertz CT molecular complexity index is 1120. The number of benzene rings is 3. The van der Waals surface area contributed by atoms with Crippen LogP contribution in [-0.2, 0) is 6.42 Å². The van der Waals surface area contributed by atoms with Gasteiger partial charge in [0.2, 0.25) is 6.23 Å². The van der Waals surface area contributed by atoms with Crippen molar-refractivity contribution in [1.29, 1.82) is 0 Å². The van der Waals surface area contributed by atoms with Crippen LogP contribution in [0.5, 0.6) is 17.2 Å². The first-order chi connectivity index (χ1) is 15.2. The molecule has 158 valence electrons. The summed E-state index contributed by atoms with van der Waals surface area (Å²) in [6, 6.07) is 23.0. The van der Waals surface area contributed by atoms with Crippen LogP contribution in [0, 0.1) is 0 Å². The van der Waals surface area contributed by atoms with E-state index in [2.05, 4.69) is 48.3 Å². The lowest BCUT2D eigenvalue weighted by Crippen LogP contribution is -2.33. The van der Waals surface area contributed by atoms with E-state index in [1.54, 1.807) is 14.2 Å². The smallest absolute Gasteiger partial charge is 0.214 e. The van der Waals surface area contributed by atoms with Gasteiger partial charge in [0.1, 0.15) is 5.75 Å². The highest BCUT2D eigenvalue weighted by Gasteiger charge is 2.41. The summed E-state index contributed by atoms with van der Waals surface area (Å²) >= 11 is 0. The van der Waals surface area contributed by atoms with Crippen LogP contribution in [-0.4, -0.2) is 24.9 Å². The SMILES string of the molecule is CCc1ccc(C2=NN3C(C2)c2ccccc2OC3c2ccc(OC)c(OC)c2)cc1. The van der Waals surface area contributed by atoms with E-state index < -0.39 is 0 Å². The highest BCUT2D eigenvalue weighted by Crippen LogP contribution is 2.48. The molecule has 0 radical (unpaired) electrons. The normalized spacial score (nSPS) is 19.2. The van der Waals surface area contributed by atoms with Gasteiger partial charge in [-0.2, -0.15) is 5.10 Å². The van der Waals surface area contributed by atoms with Crippen molar-refractivity contribution in [1.82, 2.24) is 5.01 Å². The maximum atomic E-state index is 6.45. The van der Waals surface area contributed by atoms with E-state index in [1.807, 2.05) is 30.3 Å². The summed E-state index contributed by atoms with van der Waals surface area (Å²) in [5, 5.41) is 7.13. The Hall–Kier alpha value is -3.47. The number of rotatable bonds is 5. The van der Waals surface area contributed by atoms with Gasteiger partial charge in [0.05, 0.1) is 26.0 Å². The number of fused-ring (bicyclic) bond motifs is 3. The molecule has 0 amide bonds. The summed E-state index contributed by atoms with van der Waals surface area (Å²) < 4.78 is 17.4. The van der Waals surface area contributed by atoms with Crippen LogP contribution < -0.4 is 14.2 Å². The summed E-state index contributed by atoms with van der Waals surface area (Å²) in [5.74, 6) is 2.28. The minimum Gasteiger partial charge on any atom is -0.493 e. The molecule has 0 saturated carbocycles. The van der Waals surface area contributed by atoms with E-state index in [-0.39, 0.29) is 12.3 Å². The fourth-order valence-electron chi connectivity index (χ4n) is 4.37. The molecule has 0 N–H and O–H groups in total. The van der Waals surface area contributed by atoms with Gasteiger partial charge in [0, 0.05) is 17.5 Å². The van der Waals surface area contributed by atoms with Crippen LogP contribution in [0.3, 0.4) is 0 Å². The molecule has 5 nitrogen and oxygen atoms in total. The zero-order chi connectivity index (χ0) is 21.4. The van der Waals surface area contributed by atoms with Gasteiger partial charge in [-0.3, -0.25) is 0 Å². The lowest BCUT2D eigenvalue weighted by atomic mass is 9.95. The Labute approximate surface area is 182 Å². The molecule has 2 unspecified atom stereocenters. The maximum Gasteiger partial charge on any atom is 0.214 e. The van der Waals surface area contributed by atoms with Crippen molar-refractivity contribution in [2.45, 2.75) is 32.0 Å². The van der Waals surface area contributed by atoms with Crippen molar-refractivity contribution in [3.63, 3.8) is 0 Å². The van der Waals surface area contributed by atoms with Crippen LogP contribution >= 0.6 is 0 Å². The second kappa shape index (κ2) is 7.99. The molecule has 5 heteroatoms. The first-order valence-corrected chi connectivity index (χ1v) is 10.6. The highest BCUT2D eigenvalue weighted by atomic mass is 16.5. The molecule has 2 heterocycles. The maximum absolute atomic E-state index is 6.45. The molecule has 2 aliphatic heterocycles. The van der Waals surface area contributed by atoms with Crippen LogP contribution in [0.25, 0.3) is 0 Å². The van der Waals surface area contributed by atoms with Crippen LogP contribution in [0.4, 0.5) is 0 Å². The van der Waals surface area contributed by atoms with E-state index in [4.69, 9.17) is 19.3 Å². The van der Waals surface area contributed by atoms with E-state index in [1.165, 1.54) is 11.1 Å². The minimum atomic E-state index is -0.341. The Balaban J connectivity index is 1.56. The third-order valence-corrected chi connectivity index (χ3v) is 6.09. The van der Waals surface area contributed by atoms with Crippen molar-refractivity contribution in [2.75, 3.05) is 14.2 Å². The lowest BCUT2D eigenvalue weighted by Gasteiger charge is -2.38. The number of aryl methyl sites for hydroxylation is 1. The quantitative estimate of drug-likeness (QED) is 0.552. The Morgan fingerprint density at radius 2 is 1.74 bits per heavy atom. The molecule has 0 bridgehead atoms. The highest BCUT2D eigenvalue weighted by molar-refractivity contribution is 6.02. The Morgan fingerprint density at radius 1 is 0.968 bits per heavy atom. The molecule has 31 heavy (non-hydrogen) atoms. The second-order valence-corrected chi connectivity index (χ2v) is 7.82. The van der Waals surface area contributed by atoms with Crippen LogP contribution in [0.2, 0.25) is 0 Å². The molecule has 0 saturated heterocycles. The molecule has 0 fully saturated rings. The molecule has 0 aromatic heterocycles. The molecule has 5 rings (SSSR count). The molecule has 0 aliphatic carbocycles. The van der Waals surface area contributed by atoms with Gasteiger partial charge in [-0.1, -0.05) is 49.4 Å². The second-order valence-electron chi connectivity index (χ2n) is 7.82. The summed E-state index contributed by atoms with van der Waals surface area (Å²) in [5.41, 5.74) is 5.72. The Kier molecular flexibility index (Phi) is 5.02. The number of hydrogen-bond acceptors (Lipinski definition) is 5. The van der Waals surface area contributed by atoms with Crippen molar-refractivity contribution in [2.24, 2.45) is 5.10 Å². The summed E-state index contributed by atoms with van der Waals surface area (Å²) in [6.45, 7) is 2.17. The Morgan fingerprint density at radius 3 is 2.48 bits per heavy atom. The number of methoxy groups -OCH3 is 2. The molecule has 2 atom stereocenters. The average molecular weight is 415 g/mol. The lowest BCUT2D eigenvalue weighted by molar-refractivity contribution is -0.0191. The molecule has 3 aromatic carbocycles. The van der Waals surface area contributed by atoms with E-state index in [0.717, 1.165) is 35.4 Å². The first-order valence-electron chi connectivity index (χ1n) is 10.6. The van der Waals surface area contributed by atoms with Crippen molar-refractivity contribution in [3.8, 4) is 17.2 Å². The average Bonchev–Trinajstić information content (AvgIpc) is 3.29. The molecule has 2 aliphatic rings. The van der Waals surface area contributed by atoms with E-state index >= 15 is 0 Å². The number of hydrogen-bond donors (Lipinski definition) is 0. The van der Waals surface area contributed by atoms with Crippen molar-refractivity contribution < 1.29 is 14.2 Å². The van der Waals surface area contributed by atoms with Gasteiger partial charge in [-0.15, -0.1) is 0 Å². The van der Waals surface area contributed by atoms with Gasteiger partial charge in [0.15, 0.2) is 11.5 Å². The van der Waals surface area contributed by atoms with Crippen LogP contribution in [0.15, 0.2) is 71.8 Å². The number of nitrogens with zero attached hydrogens (tertiary/aromatic N) is 2. The molecular weight excluding hydrogens is 388 g/mol. The topological polar surface area (TPSA) is 43.3 Å². The minimum absolute atomic E-state index is 0.129. The van der Waals surface area contributed by atoms with Gasteiger partial charge < -0.3 is 14.2 Å². The zero-order valence-corrected chi connectivity index (χ0v) is 18.0. The summed E-state index contributed by atoms with van der Waals surface area (Å²) in [7, 11) is 3.29. The van der Waals surface area contributed by atoms with Crippen molar-refractivity contribution >= 4 is 5.71 Å². The van der Waals surface area contributed by atoms with E-state index in [9.17, 15) is 0 Å². The van der Waals surface area contributed by atoms with Crippen LogP contribution in [0.1, 0.15) is 47.9 Å². The standard InChI is InChI=1S/C26H26N2O3/c1-4-17-9-11-18(12-10-17)21-16-22-20-7-5-6-8-23(20)31-26(28(22)27-21)19-13-14-24(29-2)25(15-19)30-3/h5-15,22,26H,4,16H2,1-3H3. The number of para-hydroxylation sites is 1. The number of ether oxygens (including phenoxy) is 3. The van der Waals surface area contributed by atoms with Gasteiger partial charge >= 0.3 is 0 Å². The monoisotopic (exact) mass is 414 g/mol. The predicted molar refractivity (Wildman–Crippen MR) is 121 cm³/mol. The predicted octanol–water partition coefficient (Wildman–Crippen LogP) is 5.51. The molecule has 3 aromatic rings.